The van der Waals surface area contributed by atoms with Crippen LogP contribution in [-0.2, 0) is 0 Å². The van der Waals surface area contributed by atoms with Gasteiger partial charge in [-0.15, -0.1) is 0 Å². The van der Waals surface area contributed by atoms with E-state index in [0.29, 0.717) is 0 Å². The quantitative estimate of drug-likeness (QED) is 0.253. The molecule has 0 atom stereocenters. The molecule has 0 rings (SSSR count). The fourth-order valence-corrected chi connectivity index (χ4v) is 0.366. The molecule has 4 heteroatoms. The summed E-state index contributed by atoms with van der Waals surface area (Å²) in [6.07, 6.45) is 2.92. The van der Waals surface area contributed by atoms with E-state index in [1.165, 1.54) is 13.1 Å². The average Bonchev–Trinajstić information content (AvgIpc) is 2.03. The number of nitro groups is 1. The van der Waals surface area contributed by atoms with E-state index in [4.69, 9.17) is 0 Å². The van der Waals surface area contributed by atoms with Crippen LogP contribution < -0.4 is 0 Å². The molecule has 0 aliphatic heterocycles. The van der Waals surface area contributed by atoms with Crippen LogP contribution in [0.1, 0.15) is 20.8 Å². The maximum absolute atomic E-state index is 9.94. The lowest BCUT2D eigenvalue weighted by Gasteiger charge is -1.87. The molecule has 0 aromatic heterocycles. The molecule has 0 aromatic carbocycles. The zero-order valence-corrected chi connectivity index (χ0v) is 7.37. The highest BCUT2D eigenvalue weighted by Gasteiger charge is 2.01. The van der Waals surface area contributed by atoms with Crippen LogP contribution in [0.25, 0.3) is 0 Å². The first-order valence-corrected chi connectivity index (χ1v) is 3.46. The van der Waals surface area contributed by atoms with Crippen molar-refractivity contribution in [1.29, 1.82) is 0 Å². The third kappa shape index (κ3) is 6.70. The zero-order valence-electron chi connectivity index (χ0n) is 7.37. The Morgan fingerprint density at radius 1 is 1.55 bits per heavy atom. The van der Waals surface area contributed by atoms with Crippen molar-refractivity contribution in [2.45, 2.75) is 20.8 Å². The van der Waals surface area contributed by atoms with E-state index in [1.54, 1.807) is 13.0 Å². The van der Waals surface area contributed by atoms with E-state index in [9.17, 15) is 10.1 Å². The minimum Gasteiger partial charge on any atom is -0.358 e. The van der Waals surface area contributed by atoms with Gasteiger partial charge in [0.05, 0.1) is 0 Å². The Labute approximate surface area is 66.8 Å². The molecule has 0 fully saturated rings. The smallest absolute Gasteiger partial charge is 0.357 e. The summed E-state index contributed by atoms with van der Waals surface area (Å²) in [6, 6.07) is 0. The number of hydrogen-bond acceptors (Lipinski definition) is 3. The fraction of sp³-hybridized carbons (Fsp3) is 0.571. The minimum atomic E-state index is -0.528. The van der Waals surface area contributed by atoms with E-state index in [-0.39, 0.29) is 5.84 Å². The minimum absolute atomic E-state index is 0.113. The summed E-state index contributed by atoms with van der Waals surface area (Å²) in [7, 11) is 1.39. The van der Waals surface area contributed by atoms with Crippen molar-refractivity contribution < 1.29 is 4.92 Å². The number of amidine groups is 1. The van der Waals surface area contributed by atoms with Gasteiger partial charge in [0.1, 0.15) is 7.05 Å². The largest absolute Gasteiger partial charge is 0.358 e. The van der Waals surface area contributed by atoms with Gasteiger partial charge in [-0.05, 0) is 11.8 Å². The molecule has 0 saturated heterocycles. The molecule has 4 nitrogen and oxygen atoms in total. The van der Waals surface area contributed by atoms with Crippen LogP contribution in [0.4, 0.5) is 0 Å². The highest BCUT2D eigenvalue weighted by Crippen LogP contribution is 1.81. The van der Waals surface area contributed by atoms with Crippen molar-refractivity contribution in [3.05, 3.63) is 22.3 Å². The third-order valence-corrected chi connectivity index (χ3v) is 0.732. The van der Waals surface area contributed by atoms with E-state index in [1.807, 2.05) is 13.8 Å². The Morgan fingerprint density at radius 3 is 2.09 bits per heavy atom. The van der Waals surface area contributed by atoms with Crippen LogP contribution in [0.3, 0.4) is 0 Å². The van der Waals surface area contributed by atoms with Gasteiger partial charge in [0.25, 0.3) is 0 Å². The van der Waals surface area contributed by atoms with Gasteiger partial charge >= 0.3 is 5.84 Å². The molecule has 0 heterocycles. The van der Waals surface area contributed by atoms with Gasteiger partial charge in [0, 0.05) is 6.08 Å². The molecule has 0 amide bonds. The van der Waals surface area contributed by atoms with Gasteiger partial charge in [0.2, 0.25) is 0 Å². The lowest BCUT2D eigenvalue weighted by Crippen LogP contribution is -2.07. The summed E-state index contributed by atoms with van der Waals surface area (Å²) in [6.45, 7) is 5.70. The first kappa shape index (κ1) is 12.5. The van der Waals surface area contributed by atoms with Crippen molar-refractivity contribution in [2.24, 2.45) is 4.99 Å². The van der Waals surface area contributed by atoms with Crippen molar-refractivity contribution in [1.82, 2.24) is 0 Å². The zero-order chi connectivity index (χ0) is 9.28. The van der Waals surface area contributed by atoms with E-state index >= 15 is 0 Å². The summed E-state index contributed by atoms with van der Waals surface area (Å²) in [5.41, 5.74) is 0. The predicted octanol–water partition coefficient (Wildman–Crippen LogP) is 1.89. The molecule has 0 N–H and O–H groups in total. The van der Waals surface area contributed by atoms with Gasteiger partial charge in [-0.1, -0.05) is 24.9 Å². The maximum Gasteiger partial charge on any atom is 0.357 e. The monoisotopic (exact) mass is 158 g/mol. The van der Waals surface area contributed by atoms with Gasteiger partial charge in [-0.25, -0.2) is 0 Å². The Morgan fingerprint density at radius 2 is 2.00 bits per heavy atom. The molecule has 0 aromatic rings. The third-order valence-electron chi connectivity index (χ3n) is 0.732. The van der Waals surface area contributed by atoms with E-state index in [0.717, 1.165) is 0 Å². The van der Waals surface area contributed by atoms with Crippen molar-refractivity contribution >= 4 is 5.84 Å². The summed E-state index contributed by atoms with van der Waals surface area (Å²) in [5, 5.41) is 9.94. The lowest BCUT2D eigenvalue weighted by atomic mass is 10.5. The summed E-state index contributed by atoms with van der Waals surface area (Å²) in [4.78, 5) is 12.8. The second-order valence-electron chi connectivity index (χ2n) is 1.34. The van der Waals surface area contributed by atoms with Crippen LogP contribution in [0, 0.1) is 10.1 Å². The number of allylic oxidation sites excluding steroid dienone is 1. The molecule has 0 aliphatic rings. The van der Waals surface area contributed by atoms with Gasteiger partial charge in [0.15, 0.2) is 0 Å². The highest BCUT2D eigenvalue weighted by atomic mass is 16.6. The van der Waals surface area contributed by atoms with Crippen LogP contribution in [0.5, 0.6) is 0 Å². The van der Waals surface area contributed by atoms with Crippen LogP contribution in [-0.4, -0.2) is 17.8 Å². The number of rotatable bonds is 1. The molecule has 64 valence electrons. The molecule has 0 bridgehead atoms. The number of aliphatic imine (C=N–C) groups is 1. The van der Waals surface area contributed by atoms with Gasteiger partial charge < -0.3 is 10.1 Å². The average molecular weight is 158 g/mol. The molecule has 0 spiro atoms. The van der Waals surface area contributed by atoms with E-state index in [2.05, 4.69) is 4.99 Å². The highest BCUT2D eigenvalue weighted by molar-refractivity contribution is 5.85. The Kier molecular flexibility index (Phi) is 10.00. The van der Waals surface area contributed by atoms with Crippen molar-refractivity contribution in [3.8, 4) is 0 Å². The summed E-state index contributed by atoms with van der Waals surface area (Å²) >= 11 is 0. The van der Waals surface area contributed by atoms with Crippen molar-refractivity contribution in [3.63, 3.8) is 0 Å². The second kappa shape index (κ2) is 8.81. The lowest BCUT2D eigenvalue weighted by molar-refractivity contribution is -0.348. The standard InChI is InChI=1S/C5H8N2O2.C2H6/c1-3-4-5(6-2)7(8)9;1-2/h3-4H,1-2H3;1-2H3/b4-3-,6-5?;. The first-order valence-electron chi connectivity index (χ1n) is 3.46. The normalized spacial score (nSPS) is 10.7. The van der Waals surface area contributed by atoms with Crippen LogP contribution >= 0.6 is 0 Å². The Bertz CT molecular complexity index is 162. The summed E-state index contributed by atoms with van der Waals surface area (Å²) in [5.74, 6) is -0.113. The van der Waals surface area contributed by atoms with Crippen LogP contribution in [0.15, 0.2) is 17.1 Å². The number of nitrogens with zero attached hydrogens (tertiary/aromatic N) is 2. The molecular weight excluding hydrogens is 144 g/mol. The molecule has 11 heavy (non-hydrogen) atoms. The van der Waals surface area contributed by atoms with Gasteiger partial charge in [-0.3, -0.25) is 0 Å². The Hall–Kier alpha value is -1.19. The van der Waals surface area contributed by atoms with Crippen LogP contribution in [0.2, 0.25) is 0 Å². The fourth-order valence-electron chi connectivity index (χ4n) is 0.366. The molecule has 0 saturated carbocycles. The Balaban J connectivity index is 0. The summed E-state index contributed by atoms with van der Waals surface area (Å²) < 4.78 is 0. The maximum atomic E-state index is 9.94. The van der Waals surface area contributed by atoms with Gasteiger partial charge in [-0.2, -0.15) is 0 Å². The first-order chi connectivity index (χ1) is 5.22. The van der Waals surface area contributed by atoms with E-state index < -0.39 is 4.92 Å². The molecular formula is C7H14N2O2. The SMILES string of the molecule is C/C=C\C(=NC)[N+](=O)[O-].CC. The topological polar surface area (TPSA) is 55.5 Å². The number of hydrogen-bond donors (Lipinski definition) is 0. The molecule has 0 aliphatic carbocycles. The second-order valence-corrected chi connectivity index (χ2v) is 1.34. The van der Waals surface area contributed by atoms with Crippen molar-refractivity contribution in [2.75, 3.05) is 7.05 Å². The molecule has 0 unspecified atom stereocenters. The predicted molar refractivity (Wildman–Crippen MR) is 46.5 cm³/mol. The molecule has 0 radical (unpaired) electrons.